The van der Waals surface area contributed by atoms with E-state index >= 15 is 0 Å². The maximum absolute atomic E-state index is 14.4. The molecule has 3 aliphatic heterocycles. The molecule has 3 aromatic rings. The largest absolute Gasteiger partial charge is 0.441 e. The second kappa shape index (κ2) is 12.5. The molecule has 1 spiro atoms. The summed E-state index contributed by atoms with van der Waals surface area (Å²) in [6.07, 6.45) is 2.10. The predicted molar refractivity (Wildman–Crippen MR) is 161 cm³/mol. The summed E-state index contributed by atoms with van der Waals surface area (Å²) in [5.74, 6) is -1.05. The lowest BCUT2D eigenvalue weighted by Gasteiger charge is -2.37. The highest BCUT2D eigenvalue weighted by atomic mass is 19.1. The van der Waals surface area contributed by atoms with Gasteiger partial charge in [0.05, 0.1) is 6.54 Å². The number of carbonyl (C=O) groups excluding carboxylic acids is 3. The van der Waals surface area contributed by atoms with E-state index in [1.807, 2.05) is 47.4 Å². The smallest absolute Gasteiger partial charge is 0.410 e. The number of ketones is 1. The number of ether oxygens (including phenoxy) is 1. The van der Waals surface area contributed by atoms with Gasteiger partial charge in [0.15, 0.2) is 5.78 Å². The van der Waals surface area contributed by atoms with Gasteiger partial charge in [0.1, 0.15) is 17.2 Å². The number of rotatable bonds is 7. The zero-order valence-corrected chi connectivity index (χ0v) is 24.9. The molecule has 44 heavy (non-hydrogen) atoms. The number of benzene rings is 3. The van der Waals surface area contributed by atoms with Gasteiger partial charge in [-0.1, -0.05) is 42.5 Å². The van der Waals surface area contributed by atoms with E-state index in [0.717, 1.165) is 11.1 Å². The summed E-state index contributed by atoms with van der Waals surface area (Å²) in [5, 5.41) is 0. The molecular formula is C35H37F2N3O4. The van der Waals surface area contributed by atoms with Gasteiger partial charge in [-0.3, -0.25) is 19.4 Å². The molecule has 0 radical (unpaired) electrons. The lowest BCUT2D eigenvalue weighted by Crippen LogP contribution is -2.46. The normalized spacial score (nSPS) is 18.9. The summed E-state index contributed by atoms with van der Waals surface area (Å²) in [7, 11) is 0. The standard InChI is InChI=1S/C35H37F2N3O4/c1-24-19-30(36)29(31(37)20-24)22-38-17-13-35(14-18-38)23-40(34(43)44-35)21-25-7-9-28(10-8-25)33(42)39-15-11-27(12-16-39)32(41)26-5-3-2-4-6-26/h2-10,19-20,27H,11-18,21-23H2,1H3. The van der Waals surface area contributed by atoms with Crippen LogP contribution < -0.4 is 0 Å². The number of piperidine rings is 2. The van der Waals surface area contributed by atoms with Crippen LogP contribution in [0, 0.1) is 24.5 Å². The third-order valence-electron chi connectivity index (χ3n) is 9.26. The fourth-order valence-corrected chi connectivity index (χ4v) is 6.64. The molecule has 3 heterocycles. The summed E-state index contributed by atoms with van der Waals surface area (Å²) < 4.78 is 34.6. The number of carbonyl (C=O) groups is 3. The predicted octanol–water partition coefficient (Wildman–Crippen LogP) is 6.00. The van der Waals surface area contributed by atoms with Crippen molar-refractivity contribution in [2.45, 2.75) is 51.3 Å². The lowest BCUT2D eigenvalue weighted by atomic mass is 9.88. The molecule has 0 bridgehead atoms. The fourth-order valence-electron chi connectivity index (χ4n) is 6.64. The molecule has 2 amide bonds. The molecule has 0 aliphatic carbocycles. The van der Waals surface area contributed by atoms with Gasteiger partial charge in [-0.15, -0.1) is 0 Å². The first-order chi connectivity index (χ1) is 21.2. The van der Waals surface area contributed by atoms with Crippen LogP contribution in [0.1, 0.15) is 63.1 Å². The van der Waals surface area contributed by atoms with E-state index < -0.39 is 17.2 Å². The monoisotopic (exact) mass is 601 g/mol. The summed E-state index contributed by atoms with van der Waals surface area (Å²) in [4.78, 5) is 44.2. The quantitative estimate of drug-likeness (QED) is 0.311. The average molecular weight is 602 g/mol. The van der Waals surface area contributed by atoms with Crippen LogP contribution in [0.25, 0.3) is 0 Å². The van der Waals surface area contributed by atoms with Crippen LogP contribution in [0.5, 0.6) is 0 Å². The topological polar surface area (TPSA) is 70.2 Å². The van der Waals surface area contributed by atoms with Gasteiger partial charge in [-0.2, -0.15) is 0 Å². The highest BCUT2D eigenvalue weighted by Gasteiger charge is 2.47. The third kappa shape index (κ3) is 6.38. The van der Waals surface area contributed by atoms with Crippen molar-refractivity contribution in [3.05, 3.63) is 106 Å². The van der Waals surface area contributed by atoms with Gasteiger partial charge >= 0.3 is 6.09 Å². The van der Waals surface area contributed by atoms with Crippen molar-refractivity contribution in [2.75, 3.05) is 32.7 Å². The Balaban J connectivity index is 0.990. The third-order valence-corrected chi connectivity index (χ3v) is 9.26. The summed E-state index contributed by atoms with van der Waals surface area (Å²) in [5.41, 5.74) is 2.20. The molecule has 6 rings (SSSR count). The number of hydrogen-bond donors (Lipinski definition) is 0. The van der Waals surface area contributed by atoms with E-state index in [4.69, 9.17) is 4.74 Å². The summed E-state index contributed by atoms with van der Waals surface area (Å²) in [6, 6.07) is 19.3. The van der Waals surface area contributed by atoms with Crippen molar-refractivity contribution in [1.82, 2.24) is 14.7 Å². The second-order valence-corrected chi connectivity index (χ2v) is 12.4. The van der Waals surface area contributed by atoms with Crippen molar-refractivity contribution in [3.63, 3.8) is 0 Å². The number of halogens is 2. The van der Waals surface area contributed by atoms with Gasteiger partial charge in [-0.25, -0.2) is 13.6 Å². The molecular weight excluding hydrogens is 564 g/mol. The van der Waals surface area contributed by atoms with E-state index in [2.05, 4.69) is 0 Å². The number of aryl methyl sites for hydroxylation is 1. The molecule has 9 heteroatoms. The van der Waals surface area contributed by atoms with Crippen molar-refractivity contribution in [3.8, 4) is 0 Å². The summed E-state index contributed by atoms with van der Waals surface area (Å²) >= 11 is 0. The Kier molecular flexibility index (Phi) is 8.49. The van der Waals surface area contributed by atoms with E-state index in [0.29, 0.717) is 76.1 Å². The molecule has 3 aliphatic rings. The first-order valence-corrected chi connectivity index (χ1v) is 15.3. The van der Waals surface area contributed by atoms with Crippen LogP contribution in [0.2, 0.25) is 0 Å². The van der Waals surface area contributed by atoms with Crippen LogP contribution >= 0.6 is 0 Å². The number of hydrogen-bond acceptors (Lipinski definition) is 5. The molecule has 0 saturated carbocycles. The van der Waals surface area contributed by atoms with Gasteiger partial charge in [-0.05, 0) is 55.2 Å². The molecule has 0 aromatic heterocycles. The van der Waals surface area contributed by atoms with E-state index in [1.54, 1.807) is 28.9 Å². The van der Waals surface area contributed by atoms with E-state index in [9.17, 15) is 23.2 Å². The molecule has 3 aromatic carbocycles. The van der Waals surface area contributed by atoms with Crippen LogP contribution in [0.4, 0.5) is 13.6 Å². The Bertz CT molecular complexity index is 1510. The number of likely N-dealkylation sites (tertiary alicyclic amines) is 2. The Morgan fingerprint density at radius 1 is 0.864 bits per heavy atom. The SMILES string of the molecule is Cc1cc(F)c(CN2CCC3(CC2)CN(Cc2ccc(C(=O)N4CCC(C(=O)c5ccccc5)CC4)cc2)C(=O)O3)c(F)c1. The Hall–Kier alpha value is -4.11. The molecule has 7 nitrogen and oxygen atoms in total. The molecule has 0 N–H and O–H groups in total. The minimum Gasteiger partial charge on any atom is -0.441 e. The number of amides is 2. The number of Topliss-reactive ketones (excluding diaryl/α,β-unsaturated/α-hetero) is 1. The molecule has 0 atom stereocenters. The van der Waals surface area contributed by atoms with Crippen LogP contribution in [-0.2, 0) is 17.8 Å². The van der Waals surface area contributed by atoms with Gasteiger partial charge < -0.3 is 9.64 Å². The minimum absolute atomic E-state index is 0.0566. The average Bonchev–Trinajstić information content (AvgIpc) is 3.33. The van der Waals surface area contributed by atoms with Gasteiger partial charge in [0.25, 0.3) is 5.91 Å². The van der Waals surface area contributed by atoms with Gasteiger partial charge in [0, 0.05) is 74.7 Å². The van der Waals surface area contributed by atoms with Crippen molar-refractivity contribution < 1.29 is 27.9 Å². The Morgan fingerprint density at radius 2 is 1.50 bits per heavy atom. The molecule has 230 valence electrons. The lowest BCUT2D eigenvalue weighted by molar-refractivity contribution is -0.00165. The number of nitrogens with zero attached hydrogens (tertiary/aromatic N) is 3. The zero-order valence-electron chi connectivity index (χ0n) is 24.9. The second-order valence-electron chi connectivity index (χ2n) is 12.4. The highest BCUT2D eigenvalue weighted by molar-refractivity contribution is 5.98. The molecule has 3 saturated heterocycles. The fraction of sp³-hybridized carbons (Fsp3) is 0.400. The molecule has 3 fully saturated rings. The zero-order chi connectivity index (χ0) is 30.8. The van der Waals surface area contributed by atoms with Crippen LogP contribution in [0.15, 0.2) is 66.7 Å². The first-order valence-electron chi connectivity index (χ1n) is 15.3. The van der Waals surface area contributed by atoms with E-state index in [-0.39, 0.29) is 35.8 Å². The Labute approximate surface area is 256 Å². The van der Waals surface area contributed by atoms with Crippen molar-refractivity contribution in [2.24, 2.45) is 5.92 Å². The van der Waals surface area contributed by atoms with E-state index in [1.165, 1.54) is 12.1 Å². The minimum atomic E-state index is -0.609. The first kappa shape index (κ1) is 29.9. The van der Waals surface area contributed by atoms with Crippen LogP contribution in [0.3, 0.4) is 0 Å². The highest BCUT2D eigenvalue weighted by Crippen LogP contribution is 2.35. The maximum Gasteiger partial charge on any atom is 0.410 e. The van der Waals surface area contributed by atoms with Crippen molar-refractivity contribution >= 4 is 17.8 Å². The summed E-state index contributed by atoms with van der Waals surface area (Å²) in [6.45, 7) is 4.88. The van der Waals surface area contributed by atoms with Crippen LogP contribution in [-0.4, -0.2) is 70.8 Å². The van der Waals surface area contributed by atoms with Crippen molar-refractivity contribution in [1.29, 1.82) is 0 Å². The molecule has 0 unspecified atom stereocenters. The van der Waals surface area contributed by atoms with Gasteiger partial charge in [0.2, 0.25) is 0 Å². The maximum atomic E-state index is 14.4. The Morgan fingerprint density at radius 3 is 2.14 bits per heavy atom.